The number of thiophene rings is 1. The molecule has 2 aromatic heterocycles. The number of rotatable bonds is 5. The molecule has 4 rings (SSSR count). The van der Waals surface area contributed by atoms with E-state index in [1.54, 1.807) is 24.2 Å². The zero-order valence-corrected chi connectivity index (χ0v) is 15.6. The first kappa shape index (κ1) is 17.7. The van der Waals surface area contributed by atoms with Gasteiger partial charge in [0, 0.05) is 18.3 Å². The van der Waals surface area contributed by atoms with Gasteiger partial charge in [0.2, 0.25) is 5.91 Å². The average Bonchev–Trinajstić information content (AvgIpc) is 3.22. The highest BCUT2D eigenvalue weighted by Crippen LogP contribution is 2.46. The van der Waals surface area contributed by atoms with Crippen molar-refractivity contribution in [2.24, 2.45) is 5.73 Å². The summed E-state index contributed by atoms with van der Waals surface area (Å²) >= 11 is 1.20. The Bertz CT molecular complexity index is 942. The molecule has 1 fully saturated rings. The maximum atomic E-state index is 12.8. The minimum Gasteiger partial charge on any atom is -0.365 e. The predicted octanol–water partition coefficient (Wildman–Crippen LogP) is 1.00. The number of nitrogens with zero attached hydrogens (tertiary/aromatic N) is 2. The summed E-state index contributed by atoms with van der Waals surface area (Å²) in [6.45, 7) is 0.251. The van der Waals surface area contributed by atoms with Crippen molar-refractivity contribution < 1.29 is 14.4 Å². The van der Waals surface area contributed by atoms with Gasteiger partial charge in [0.15, 0.2) is 0 Å². The zero-order valence-electron chi connectivity index (χ0n) is 14.7. The van der Waals surface area contributed by atoms with E-state index in [1.165, 1.54) is 11.3 Å². The first-order valence-electron chi connectivity index (χ1n) is 8.75. The molecule has 2 atom stereocenters. The maximum absolute atomic E-state index is 12.8. The molecule has 1 saturated carbocycles. The van der Waals surface area contributed by atoms with Crippen molar-refractivity contribution in [3.8, 4) is 0 Å². The third kappa shape index (κ3) is 3.00. The molecule has 5 N–H and O–H groups in total. The summed E-state index contributed by atoms with van der Waals surface area (Å²) in [6.07, 6.45) is 3.71. The minimum absolute atomic E-state index is 0.00917. The number of likely N-dealkylation sites (N-methyl/N-ethyl adjacent to an activating group) is 1. The van der Waals surface area contributed by atoms with Crippen molar-refractivity contribution >= 4 is 50.8 Å². The van der Waals surface area contributed by atoms with Crippen LogP contribution in [0.1, 0.15) is 28.9 Å². The van der Waals surface area contributed by atoms with E-state index < -0.39 is 5.91 Å². The van der Waals surface area contributed by atoms with Gasteiger partial charge in [-0.15, -0.1) is 11.3 Å². The summed E-state index contributed by atoms with van der Waals surface area (Å²) in [6, 6.07) is 1.29. The summed E-state index contributed by atoms with van der Waals surface area (Å²) in [5, 5.41) is 9.43. The fourth-order valence-corrected chi connectivity index (χ4v) is 4.91. The van der Waals surface area contributed by atoms with Crippen LogP contribution in [0.25, 0.3) is 10.2 Å². The van der Waals surface area contributed by atoms with Gasteiger partial charge in [0.1, 0.15) is 9.71 Å². The number of carbonyl (C=O) groups is 3. The maximum Gasteiger partial charge on any atom is 0.326 e. The van der Waals surface area contributed by atoms with Crippen LogP contribution in [0.5, 0.6) is 0 Å². The lowest BCUT2D eigenvalue weighted by Gasteiger charge is -2.33. The highest BCUT2D eigenvalue weighted by atomic mass is 32.1. The number of primary amides is 1. The number of hydrogen-bond acceptors (Lipinski definition) is 6. The third-order valence-corrected chi connectivity index (χ3v) is 6.07. The molecular weight excluding hydrogens is 368 g/mol. The lowest BCUT2D eigenvalue weighted by Crippen LogP contribution is -2.46. The molecule has 10 heteroatoms. The smallest absolute Gasteiger partial charge is 0.326 e. The molecule has 9 nitrogen and oxygen atoms in total. The highest BCUT2D eigenvalue weighted by molar-refractivity contribution is 7.21. The summed E-state index contributed by atoms with van der Waals surface area (Å²) in [4.78, 5) is 43.6. The number of aromatic nitrogens is 1. The molecular formula is C17H20N6O3S. The Morgan fingerprint density at radius 2 is 2.26 bits per heavy atom. The minimum atomic E-state index is -0.574. The summed E-state index contributed by atoms with van der Waals surface area (Å²) in [5.74, 6) is -0.646. The quantitative estimate of drug-likeness (QED) is 0.607. The van der Waals surface area contributed by atoms with E-state index in [0.717, 1.165) is 18.2 Å². The monoisotopic (exact) mass is 388 g/mol. The Kier molecular flexibility index (Phi) is 4.44. The number of nitrogens with two attached hydrogens (primary N) is 1. The van der Waals surface area contributed by atoms with Crippen molar-refractivity contribution in [2.45, 2.75) is 31.3 Å². The molecule has 27 heavy (non-hydrogen) atoms. The van der Waals surface area contributed by atoms with Crippen molar-refractivity contribution in [3.05, 3.63) is 17.1 Å². The van der Waals surface area contributed by atoms with Gasteiger partial charge < -0.3 is 21.7 Å². The van der Waals surface area contributed by atoms with Gasteiger partial charge in [-0.25, -0.2) is 9.78 Å². The van der Waals surface area contributed by atoms with Crippen LogP contribution in [0.2, 0.25) is 0 Å². The number of amides is 4. The number of urea groups is 1. The highest BCUT2D eigenvalue weighted by Gasteiger charge is 2.40. The van der Waals surface area contributed by atoms with E-state index in [-0.39, 0.29) is 30.6 Å². The second-order valence-electron chi connectivity index (χ2n) is 6.74. The van der Waals surface area contributed by atoms with Crippen molar-refractivity contribution in [1.82, 2.24) is 15.6 Å². The molecule has 0 aromatic carbocycles. The Morgan fingerprint density at radius 1 is 1.44 bits per heavy atom. The largest absolute Gasteiger partial charge is 0.365 e. The molecule has 2 aromatic rings. The second-order valence-corrected chi connectivity index (χ2v) is 7.74. The van der Waals surface area contributed by atoms with Crippen LogP contribution in [0.15, 0.2) is 12.3 Å². The van der Waals surface area contributed by atoms with Crippen LogP contribution in [0, 0.1) is 0 Å². The van der Waals surface area contributed by atoms with E-state index in [1.807, 2.05) is 0 Å². The molecule has 0 bridgehead atoms. The normalized spacial score (nSPS) is 21.4. The molecule has 0 saturated heterocycles. The van der Waals surface area contributed by atoms with Gasteiger partial charge in [-0.3, -0.25) is 14.5 Å². The second kappa shape index (κ2) is 6.78. The van der Waals surface area contributed by atoms with Crippen molar-refractivity contribution in [3.63, 3.8) is 0 Å². The van der Waals surface area contributed by atoms with Crippen LogP contribution < -0.4 is 26.6 Å². The van der Waals surface area contributed by atoms with E-state index >= 15 is 0 Å². The van der Waals surface area contributed by atoms with Crippen LogP contribution in [-0.4, -0.2) is 48.5 Å². The SMILES string of the molecule is CNCC(=O)N[C@@H]1CC[C@H](N2C(=O)Nc3ccnc4sc(C(N)=O)c2c34)C1. The molecule has 3 heterocycles. The van der Waals surface area contributed by atoms with E-state index in [0.29, 0.717) is 27.5 Å². The van der Waals surface area contributed by atoms with Gasteiger partial charge in [-0.2, -0.15) is 0 Å². The van der Waals surface area contributed by atoms with E-state index in [4.69, 9.17) is 5.73 Å². The number of pyridine rings is 1. The number of carbonyl (C=O) groups excluding carboxylic acids is 3. The van der Waals surface area contributed by atoms with Crippen LogP contribution in [-0.2, 0) is 4.79 Å². The van der Waals surface area contributed by atoms with Crippen LogP contribution in [0.3, 0.4) is 0 Å². The summed E-state index contributed by atoms with van der Waals surface area (Å²) < 4.78 is 0. The first-order valence-corrected chi connectivity index (χ1v) is 9.56. The summed E-state index contributed by atoms with van der Waals surface area (Å²) in [7, 11) is 1.72. The predicted molar refractivity (Wildman–Crippen MR) is 103 cm³/mol. The lowest BCUT2D eigenvalue weighted by atomic mass is 10.1. The standard InChI is InChI=1S/C17H20N6O3S/c1-19-7-11(24)21-8-2-3-9(6-8)23-13-12-10(22-17(23)26)4-5-20-16(12)27-14(13)15(18)25/h4-5,8-9,19H,2-3,6-7H2,1H3,(H2,18,25)(H,21,24)(H,22,26)/t8-,9+/m1/s1. The number of hydrogen-bond donors (Lipinski definition) is 4. The topological polar surface area (TPSA) is 129 Å². The lowest BCUT2D eigenvalue weighted by molar-refractivity contribution is -0.120. The Morgan fingerprint density at radius 3 is 3.00 bits per heavy atom. The molecule has 2 aliphatic rings. The van der Waals surface area contributed by atoms with Crippen LogP contribution >= 0.6 is 11.3 Å². The van der Waals surface area contributed by atoms with Gasteiger partial charge in [-0.05, 0) is 32.4 Å². The zero-order chi connectivity index (χ0) is 19.1. The molecule has 4 amide bonds. The van der Waals surface area contributed by atoms with Crippen LogP contribution in [0.4, 0.5) is 16.2 Å². The average molecular weight is 388 g/mol. The van der Waals surface area contributed by atoms with Gasteiger partial charge >= 0.3 is 6.03 Å². The Labute approximate surface area is 159 Å². The molecule has 0 unspecified atom stereocenters. The third-order valence-electron chi connectivity index (χ3n) is 4.96. The van der Waals surface area contributed by atoms with E-state index in [9.17, 15) is 14.4 Å². The first-order chi connectivity index (χ1) is 13.0. The van der Waals surface area contributed by atoms with Crippen molar-refractivity contribution in [2.75, 3.05) is 23.8 Å². The summed E-state index contributed by atoms with van der Waals surface area (Å²) in [5.41, 5.74) is 6.76. The molecule has 0 spiro atoms. The van der Waals surface area contributed by atoms with Gasteiger partial charge in [0.25, 0.3) is 5.91 Å². The fourth-order valence-electron chi connectivity index (χ4n) is 3.90. The molecule has 1 aliphatic carbocycles. The molecule has 1 aliphatic heterocycles. The van der Waals surface area contributed by atoms with Gasteiger partial charge in [0.05, 0.1) is 23.3 Å². The van der Waals surface area contributed by atoms with E-state index in [2.05, 4.69) is 20.9 Å². The molecule has 0 radical (unpaired) electrons. The number of anilines is 2. The van der Waals surface area contributed by atoms with Crippen molar-refractivity contribution in [1.29, 1.82) is 0 Å². The fraction of sp³-hybridized carbons (Fsp3) is 0.412. The van der Waals surface area contributed by atoms with Gasteiger partial charge in [-0.1, -0.05) is 0 Å². The Hall–Kier alpha value is -2.72. The Balaban J connectivity index is 1.68. The number of nitrogens with one attached hydrogen (secondary N) is 3. The molecule has 142 valence electrons.